The molecule has 1 spiro atoms. The Morgan fingerprint density at radius 2 is 2.18 bits per heavy atom. The van der Waals surface area contributed by atoms with Crippen molar-refractivity contribution >= 4 is 15.8 Å². The van der Waals surface area contributed by atoms with Crippen LogP contribution in [0.15, 0.2) is 24.4 Å². The predicted molar refractivity (Wildman–Crippen MR) is 85.4 cm³/mol. The summed E-state index contributed by atoms with van der Waals surface area (Å²) in [4.78, 5) is 6.63. The van der Waals surface area contributed by atoms with Gasteiger partial charge in [0.2, 0.25) is 10.0 Å². The highest BCUT2D eigenvalue weighted by atomic mass is 32.2. The molecule has 122 valence electrons. The first-order valence-electron chi connectivity index (χ1n) is 7.76. The zero-order valence-electron chi connectivity index (χ0n) is 12.9. The normalized spacial score (nSPS) is 27.2. The highest BCUT2D eigenvalue weighted by Crippen LogP contribution is 2.35. The lowest BCUT2D eigenvalue weighted by molar-refractivity contribution is 0.0807. The number of pyridine rings is 1. The van der Waals surface area contributed by atoms with E-state index in [9.17, 15) is 8.42 Å². The van der Waals surface area contributed by atoms with E-state index in [2.05, 4.69) is 9.88 Å². The monoisotopic (exact) mass is 325 g/mol. The van der Waals surface area contributed by atoms with Crippen molar-refractivity contribution in [3.05, 3.63) is 24.4 Å². The number of hydrogen-bond acceptors (Lipinski definition) is 5. The lowest BCUT2D eigenvalue weighted by Gasteiger charge is -2.31. The first-order chi connectivity index (χ1) is 10.5. The zero-order valence-corrected chi connectivity index (χ0v) is 13.8. The molecule has 1 atom stereocenters. The van der Waals surface area contributed by atoms with Crippen LogP contribution in [-0.4, -0.2) is 62.9 Å². The molecule has 3 heterocycles. The summed E-state index contributed by atoms with van der Waals surface area (Å²) in [5, 5.41) is 0. The highest BCUT2D eigenvalue weighted by Gasteiger charge is 2.43. The third-order valence-electron chi connectivity index (χ3n) is 4.57. The van der Waals surface area contributed by atoms with Gasteiger partial charge in [-0.1, -0.05) is 6.07 Å². The van der Waals surface area contributed by atoms with Crippen molar-refractivity contribution in [2.75, 3.05) is 50.0 Å². The molecule has 0 amide bonds. The van der Waals surface area contributed by atoms with E-state index in [-0.39, 0.29) is 11.2 Å². The standard InChI is InChI=1S/C15H23N3O3S/c1-2-22(19,20)18-9-10-21-13-15(12-18)6-8-17(11-15)14-5-3-4-7-16-14/h3-5,7H,2,6,8-13H2,1H3/t15-/m1/s1. The number of sulfonamides is 1. The summed E-state index contributed by atoms with van der Waals surface area (Å²) in [6.07, 6.45) is 2.72. The predicted octanol–water partition coefficient (Wildman–Crippen LogP) is 0.960. The van der Waals surface area contributed by atoms with Gasteiger partial charge in [0.15, 0.2) is 0 Å². The lowest BCUT2D eigenvalue weighted by Crippen LogP contribution is -2.43. The van der Waals surface area contributed by atoms with Gasteiger partial charge < -0.3 is 9.64 Å². The first-order valence-corrected chi connectivity index (χ1v) is 9.37. The number of anilines is 1. The van der Waals surface area contributed by atoms with E-state index >= 15 is 0 Å². The molecule has 6 nitrogen and oxygen atoms in total. The maximum absolute atomic E-state index is 12.2. The molecule has 0 radical (unpaired) electrons. The Bertz CT molecular complexity index is 608. The third-order valence-corrected chi connectivity index (χ3v) is 6.40. The van der Waals surface area contributed by atoms with Crippen LogP contribution in [0, 0.1) is 5.41 Å². The fourth-order valence-electron chi connectivity index (χ4n) is 3.29. The van der Waals surface area contributed by atoms with Crippen LogP contribution in [0.25, 0.3) is 0 Å². The molecular weight excluding hydrogens is 302 g/mol. The summed E-state index contributed by atoms with van der Waals surface area (Å²) in [5.41, 5.74) is -0.129. The van der Waals surface area contributed by atoms with Gasteiger partial charge in [-0.3, -0.25) is 0 Å². The summed E-state index contributed by atoms with van der Waals surface area (Å²) >= 11 is 0. The van der Waals surface area contributed by atoms with Gasteiger partial charge in [-0.15, -0.1) is 0 Å². The molecule has 22 heavy (non-hydrogen) atoms. The van der Waals surface area contributed by atoms with Crippen molar-refractivity contribution in [3.8, 4) is 0 Å². The van der Waals surface area contributed by atoms with E-state index in [4.69, 9.17) is 4.74 Å². The second-order valence-corrected chi connectivity index (χ2v) is 8.40. The minimum atomic E-state index is -3.17. The topological polar surface area (TPSA) is 62.7 Å². The van der Waals surface area contributed by atoms with Gasteiger partial charge in [0.25, 0.3) is 0 Å². The largest absolute Gasteiger partial charge is 0.379 e. The van der Waals surface area contributed by atoms with Crippen LogP contribution in [0.2, 0.25) is 0 Å². The SMILES string of the molecule is CCS(=O)(=O)N1CCOC[C@@]2(CCN(c3ccccn3)C2)C1. The molecule has 2 aliphatic rings. The highest BCUT2D eigenvalue weighted by molar-refractivity contribution is 7.89. The summed E-state index contributed by atoms with van der Waals surface area (Å²) < 4.78 is 31.8. The number of hydrogen-bond donors (Lipinski definition) is 0. The van der Waals surface area contributed by atoms with Gasteiger partial charge in [-0.25, -0.2) is 13.4 Å². The van der Waals surface area contributed by atoms with Gasteiger partial charge in [0.1, 0.15) is 5.82 Å². The molecule has 1 aromatic rings. The van der Waals surface area contributed by atoms with E-state index in [1.165, 1.54) is 0 Å². The molecule has 7 heteroatoms. The molecule has 0 bridgehead atoms. The van der Waals surface area contributed by atoms with Crippen molar-refractivity contribution in [1.82, 2.24) is 9.29 Å². The Labute approximate surface area is 132 Å². The number of aromatic nitrogens is 1. The minimum absolute atomic E-state index is 0.129. The Morgan fingerprint density at radius 3 is 2.91 bits per heavy atom. The van der Waals surface area contributed by atoms with Gasteiger partial charge in [-0.2, -0.15) is 4.31 Å². The molecule has 0 aliphatic carbocycles. The smallest absolute Gasteiger partial charge is 0.213 e. The maximum Gasteiger partial charge on any atom is 0.213 e. The maximum atomic E-state index is 12.2. The van der Waals surface area contributed by atoms with E-state index in [1.54, 1.807) is 17.4 Å². The molecule has 2 fully saturated rings. The van der Waals surface area contributed by atoms with Crippen molar-refractivity contribution in [2.45, 2.75) is 13.3 Å². The van der Waals surface area contributed by atoms with Crippen molar-refractivity contribution in [3.63, 3.8) is 0 Å². The van der Waals surface area contributed by atoms with Crippen LogP contribution in [0.5, 0.6) is 0 Å². The summed E-state index contributed by atoms with van der Waals surface area (Å²) in [5.74, 6) is 1.10. The third kappa shape index (κ3) is 3.11. The zero-order chi connectivity index (χ0) is 15.6. The number of rotatable bonds is 3. The fourth-order valence-corrected chi connectivity index (χ4v) is 4.48. The van der Waals surface area contributed by atoms with Gasteiger partial charge in [0.05, 0.1) is 19.0 Å². The fraction of sp³-hybridized carbons (Fsp3) is 0.667. The second-order valence-electron chi connectivity index (χ2n) is 6.15. The average molecular weight is 325 g/mol. The molecule has 0 saturated carbocycles. The first kappa shape index (κ1) is 15.7. The van der Waals surface area contributed by atoms with Crippen LogP contribution in [0.1, 0.15) is 13.3 Å². The Balaban J connectivity index is 1.78. The number of nitrogens with zero attached hydrogens (tertiary/aromatic N) is 3. The molecule has 3 rings (SSSR count). The van der Waals surface area contributed by atoms with Crippen LogP contribution in [0.4, 0.5) is 5.82 Å². The average Bonchev–Trinajstić information content (AvgIpc) is 2.82. The molecule has 0 aromatic carbocycles. The van der Waals surface area contributed by atoms with E-state index in [1.807, 2.05) is 18.2 Å². The van der Waals surface area contributed by atoms with Crippen molar-refractivity contribution in [2.24, 2.45) is 5.41 Å². The summed E-state index contributed by atoms with van der Waals surface area (Å²) in [6, 6.07) is 5.88. The number of ether oxygens (including phenoxy) is 1. The van der Waals surface area contributed by atoms with Crippen LogP contribution in [0.3, 0.4) is 0 Å². The van der Waals surface area contributed by atoms with Crippen LogP contribution >= 0.6 is 0 Å². The molecule has 2 saturated heterocycles. The summed E-state index contributed by atoms with van der Waals surface area (Å²) in [7, 11) is -3.17. The molecule has 1 aromatic heterocycles. The Morgan fingerprint density at radius 1 is 1.32 bits per heavy atom. The van der Waals surface area contributed by atoms with E-state index in [0.29, 0.717) is 26.3 Å². The van der Waals surface area contributed by atoms with Gasteiger partial charge in [0, 0.05) is 37.8 Å². The Hall–Kier alpha value is -1.18. The second kappa shape index (κ2) is 6.14. The minimum Gasteiger partial charge on any atom is -0.379 e. The lowest BCUT2D eigenvalue weighted by atomic mass is 9.88. The van der Waals surface area contributed by atoms with Gasteiger partial charge in [-0.05, 0) is 25.5 Å². The molecule has 2 aliphatic heterocycles. The van der Waals surface area contributed by atoms with E-state index in [0.717, 1.165) is 25.3 Å². The van der Waals surface area contributed by atoms with Crippen molar-refractivity contribution in [1.29, 1.82) is 0 Å². The van der Waals surface area contributed by atoms with Gasteiger partial charge >= 0.3 is 0 Å². The quantitative estimate of drug-likeness (QED) is 0.828. The summed E-state index contributed by atoms with van der Waals surface area (Å²) in [6.45, 7) is 5.48. The van der Waals surface area contributed by atoms with Crippen LogP contribution < -0.4 is 4.90 Å². The molecular formula is C15H23N3O3S. The van der Waals surface area contributed by atoms with E-state index < -0.39 is 10.0 Å². The van der Waals surface area contributed by atoms with Crippen molar-refractivity contribution < 1.29 is 13.2 Å². The van der Waals surface area contributed by atoms with Crippen LogP contribution in [-0.2, 0) is 14.8 Å². The Kier molecular flexibility index (Phi) is 4.38. The molecule has 0 N–H and O–H groups in total. The molecule has 0 unspecified atom stereocenters.